The van der Waals surface area contributed by atoms with Crippen LogP contribution in [0.4, 0.5) is 0 Å². The van der Waals surface area contributed by atoms with Crippen LogP contribution < -0.4 is 18.6 Å². The third kappa shape index (κ3) is 9.02. The number of hydrogen-bond donors (Lipinski definition) is 0. The average molecular weight is 791 g/mol. The molecule has 0 atom stereocenters. The van der Waals surface area contributed by atoms with E-state index in [1.807, 2.05) is 36.4 Å². The Morgan fingerprint density at radius 2 is 1.55 bits per heavy atom. The van der Waals surface area contributed by atoms with E-state index in [0.29, 0.717) is 24.3 Å². The van der Waals surface area contributed by atoms with E-state index < -0.39 is 9.04 Å². The molecule has 0 unspecified atom stereocenters. The summed E-state index contributed by atoms with van der Waals surface area (Å²) in [5.41, 5.74) is 6.48. The minimum absolute atomic E-state index is 0.0291. The summed E-state index contributed by atoms with van der Waals surface area (Å²) < 4.78 is 26.7. The van der Waals surface area contributed by atoms with E-state index in [1.165, 1.54) is 25.7 Å². The average Bonchev–Trinajstić information content (AvgIpc) is 3.97. The van der Waals surface area contributed by atoms with Gasteiger partial charge in [-0.2, -0.15) is 0 Å². The second kappa shape index (κ2) is 17.5. The second-order valence-electron chi connectivity index (χ2n) is 16.6. The highest BCUT2D eigenvalue weighted by molar-refractivity contribution is 7.22. The van der Waals surface area contributed by atoms with Gasteiger partial charge in [0, 0.05) is 50.3 Å². The summed E-state index contributed by atoms with van der Waals surface area (Å²) in [6, 6.07) is 24.5. The molecule has 7 nitrogen and oxygen atoms in total. The highest BCUT2D eigenvalue weighted by atomic mass is 32.1. The summed E-state index contributed by atoms with van der Waals surface area (Å²) >= 11 is 1.64. The predicted molar refractivity (Wildman–Crippen MR) is 233 cm³/mol. The lowest BCUT2D eigenvalue weighted by atomic mass is 9.80. The van der Waals surface area contributed by atoms with E-state index in [-0.39, 0.29) is 11.2 Å². The highest BCUT2D eigenvalue weighted by Crippen LogP contribution is 2.50. The van der Waals surface area contributed by atoms with Crippen LogP contribution in [0.25, 0.3) is 20.5 Å². The van der Waals surface area contributed by atoms with Crippen molar-refractivity contribution in [3.8, 4) is 33.4 Å². The predicted octanol–water partition coefficient (Wildman–Crippen LogP) is 10.4. The minimum atomic E-state index is -1.55. The zero-order valence-electron chi connectivity index (χ0n) is 34.3. The SMILES string of the molecule is COc1cc(C(=O)c2c(-c3cc(O[SiH](C)C)c(OCCN4CCCC4)c(C(C)(C)C)c3C)sc3cc(OCc4ccccc4)ccc23)ccc1CN1CCCC1. The Bertz CT molecular complexity index is 2150. The Hall–Kier alpha value is -4.15. The Morgan fingerprint density at radius 3 is 2.23 bits per heavy atom. The largest absolute Gasteiger partial charge is 0.544 e. The standard InChI is InChI=1S/C47H58N2O5SSi/c1-32-38(29-40(54-56(6)7)45(43(32)47(2,3)4)52-26-25-48-21-11-12-22-48)46-42(37-20-19-36(28-41(37)55-46)53-31-33-15-9-8-10-16-33)44(50)34-17-18-35(39(27-34)51-5)30-49-23-13-14-24-49/h8-10,15-20,27-29,56H,11-14,21-26,30-31H2,1-7H3. The number of hydrogen-bond acceptors (Lipinski definition) is 8. The molecule has 0 aliphatic carbocycles. The van der Waals surface area contributed by atoms with Gasteiger partial charge in [-0.15, -0.1) is 11.3 Å². The first-order chi connectivity index (χ1) is 27.0. The van der Waals surface area contributed by atoms with Gasteiger partial charge in [0.1, 0.15) is 30.5 Å². The van der Waals surface area contributed by atoms with Crippen molar-refractivity contribution >= 4 is 36.2 Å². The molecule has 56 heavy (non-hydrogen) atoms. The van der Waals surface area contributed by atoms with Crippen molar-refractivity contribution in [2.24, 2.45) is 0 Å². The number of methoxy groups -OCH3 is 1. The van der Waals surface area contributed by atoms with E-state index in [1.54, 1.807) is 18.4 Å². The van der Waals surface area contributed by atoms with Crippen LogP contribution in [0.1, 0.15) is 84.6 Å². The van der Waals surface area contributed by atoms with Crippen molar-refractivity contribution in [2.75, 3.05) is 46.4 Å². The number of nitrogens with zero attached hydrogens (tertiary/aromatic N) is 2. The van der Waals surface area contributed by atoms with Gasteiger partial charge in [-0.05, 0) is 124 Å². The molecule has 296 valence electrons. The molecule has 3 heterocycles. The fourth-order valence-corrected chi connectivity index (χ4v) is 10.3. The number of thiophene rings is 1. The zero-order chi connectivity index (χ0) is 39.4. The number of ether oxygens (including phenoxy) is 3. The number of carbonyl (C=O) groups excluding carboxylic acids is 1. The molecule has 1 aromatic heterocycles. The van der Waals surface area contributed by atoms with Gasteiger partial charge >= 0.3 is 0 Å². The molecule has 2 aliphatic heterocycles. The summed E-state index contributed by atoms with van der Waals surface area (Å²) in [5, 5.41) is 0.908. The number of fused-ring (bicyclic) bond motifs is 1. The van der Waals surface area contributed by atoms with Crippen molar-refractivity contribution in [2.45, 2.75) is 85.0 Å². The van der Waals surface area contributed by atoms with E-state index in [2.05, 4.69) is 87.0 Å². The summed E-state index contributed by atoms with van der Waals surface area (Å²) in [7, 11) is 0.148. The Balaban J connectivity index is 1.35. The van der Waals surface area contributed by atoms with Crippen molar-refractivity contribution in [1.82, 2.24) is 9.80 Å². The molecule has 2 fully saturated rings. The van der Waals surface area contributed by atoms with Crippen LogP contribution in [0.3, 0.4) is 0 Å². The Kier molecular flexibility index (Phi) is 12.6. The number of carbonyl (C=O) groups is 1. The second-order valence-corrected chi connectivity index (χ2v) is 20.0. The number of rotatable bonds is 15. The molecule has 0 spiro atoms. The summed E-state index contributed by atoms with van der Waals surface area (Å²) in [4.78, 5) is 20.9. The molecule has 7 rings (SSSR count). The Labute approximate surface area is 339 Å². The van der Waals surface area contributed by atoms with Crippen LogP contribution in [0, 0.1) is 6.92 Å². The van der Waals surface area contributed by atoms with Gasteiger partial charge < -0.3 is 18.6 Å². The lowest BCUT2D eigenvalue weighted by Gasteiger charge is -2.30. The fraction of sp³-hybridized carbons (Fsp3) is 0.426. The maximum absolute atomic E-state index is 15.1. The third-order valence-corrected chi connectivity index (χ3v) is 12.9. The van der Waals surface area contributed by atoms with Gasteiger partial charge in [0.2, 0.25) is 9.04 Å². The minimum Gasteiger partial charge on any atom is -0.544 e. The van der Waals surface area contributed by atoms with Crippen LogP contribution >= 0.6 is 11.3 Å². The van der Waals surface area contributed by atoms with Crippen molar-refractivity contribution in [3.63, 3.8) is 0 Å². The molecule has 0 saturated carbocycles. The number of likely N-dealkylation sites (tertiary alicyclic amines) is 2. The molecular weight excluding hydrogens is 733 g/mol. The first kappa shape index (κ1) is 40.1. The zero-order valence-corrected chi connectivity index (χ0v) is 36.3. The van der Waals surface area contributed by atoms with Crippen molar-refractivity contribution in [3.05, 3.63) is 106 Å². The van der Waals surface area contributed by atoms with Gasteiger partial charge in [-0.1, -0.05) is 63.2 Å². The van der Waals surface area contributed by atoms with Crippen LogP contribution in [0.15, 0.2) is 72.8 Å². The van der Waals surface area contributed by atoms with Gasteiger partial charge in [-0.3, -0.25) is 14.6 Å². The van der Waals surface area contributed by atoms with Gasteiger partial charge in [-0.25, -0.2) is 0 Å². The van der Waals surface area contributed by atoms with Crippen LogP contribution in [-0.2, 0) is 18.6 Å². The third-order valence-electron chi connectivity index (χ3n) is 11.0. The van der Waals surface area contributed by atoms with E-state index in [0.717, 1.165) is 105 Å². The van der Waals surface area contributed by atoms with E-state index in [4.69, 9.17) is 18.6 Å². The fourth-order valence-electron chi connectivity index (χ4n) is 8.30. The molecule has 0 bridgehead atoms. The Morgan fingerprint density at radius 1 is 0.839 bits per heavy atom. The van der Waals surface area contributed by atoms with Crippen LogP contribution in [0.5, 0.6) is 23.0 Å². The number of benzene rings is 4. The normalized spacial score (nSPS) is 15.2. The van der Waals surface area contributed by atoms with Crippen LogP contribution in [-0.4, -0.2) is 71.1 Å². The molecule has 2 saturated heterocycles. The summed E-state index contributed by atoms with van der Waals surface area (Å²) in [6.07, 6.45) is 4.95. The molecule has 2 aliphatic rings. The molecule has 5 aromatic rings. The van der Waals surface area contributed by atoms with Gasteiger partial charge in [0.15, 0.2) is 11.5 Å². The molecule has 0 amide bonds. The molecule has 0 N–H and O–H groups in total. The van der Waals surface area contributed by atoms with Crippen LogP contribution in [0.2, 0.25) is 13.1 Å². The van der Waals surface area contributed by atoms with Crippen molar-refractivity contribution in [1.29, 1.82) is 0 Å². The maximum Gasteiger partial charge on any atom is 0.229 e. The van der Waals surface area contributed by atoms with Gasteiger partial charge in [0.25, 0.3) is 0 Å². The van der Waals surface area contributed by atoms with E-state index >= 15 is 4.79 Å². The van der Waals surface area contributed by atoms with Gasteiger partial charge in [0.05, 0.1) is 7.11 Å². The highest BCUT2D eigenvalue weighted by Gasteiger charge is 2.31. The number of ketones is 1. The lowest BCUT2D eigenvalue weighted by molar-refractivity contribution is 0.104. The molecule has 9 heteroatoms. The summed E-state index contributed by atoms with van der Waals surface area (Å²) in [5.74, 6) is 3.10. The lowest BCUT2D eigenvalue weighted by Crippen LogP contribution is -2.26. The monoisotopic (exact) mass is 790 g/mol. The van der Waals surface area contributed by atoms with Crippen molar-refractivity contribution < 1.29 is 23.4 Å². The topological polar surface area (TPSA) is 60.5 Å². The first-order valence-corrected chi connectivity index (χ1v) is 24.0. The first-order valence-electron chi connectivity index (χ1n) is 20.4. The quantitative estimate of drug-likeness (QED) is 0.0773. The molecule has 0 radical (unpaired) electrons. The molecule has 4 aromatic carbocycles. The smallest absolute Gasteiger partial charge is 0.229 e. The van der Waals surface area contributed by atoms with E-state index in [9.17, 15) is 0 Å². The maximum atomic E-state index is 15.1. The summed E-state index contributed by atoms with van der Waals surface area (Å²) in [6.45, 7) is 20.5. The molecular formula is C47H58N2O5SSi.